The number of aldehydes is 1. The van der Waals surface area contributed by atoms with E-state index in [1.165, 1.54) is 25.0 Å². The van der Waals surface area contributed by atoms with Crippen LogP contribution >= 0.6 is 0 Å². The minimum atomic E-state index is -3.52. The Labute approximate surface area is 120 Å². The van der Waals surface area contributed by atoms with Gasteiger partial charge < -0.3 is 4.90 Å². The summed E-state index contributed by atoms with van der Waals surface area (Å²) in [7, 11) is -3.52. The molecule has 1 N–H and O–H groups in total. The average Bonchev–Trinajstić information content (AvgIpc) is 2.97. The first-order valence-electron chi connectivity index (χ1n) is 6.89. The van der Waals surface area contributed by atoms with Gasteiger partial charge in [0.25, 0.3) is 0 Å². The molecule has 1 aromatic carbocycles. The highest BCUT2D eigenvalue weighted by Gasteiger charge is 2.15. The zero-order valence-corrected chi connectivity index (χ0v) is 12.2. The number of nitrogens with one attached hydrogen (secondary N) is 1. The molecule has 0 amide bonds. The topological polar surface area (TPSA) is 66.5 Å². The monoisotopic (exact) mass is 296 g/mol. The van der Waals surface area contributed by atoms with Gasteiger partial charge in [-0.2, -0.15) is 0 Å². The zero-order chi connectivity index (χ0) is 14.4. The number of benzene rings is 1. The fourth-order valence-electron chi connectivity index (χ4n) is 2.35. The lowest BCUT2D eigenvalue weighted by Crippen LogP contribution is -2.28. The minimum Gasteiger partial charge on any atom is -0.303 e. The Morgan fingerprint density at radius 3 is 2.70 bits per heavy atom. The number of carbonyl (C=O) groups excluding carboxylic acids is 1. The van der Waals surface area contributed by atoms with Gasteiger partial charge in [0.15, 0.2) is 0 Å². The van der Waals surface area contributed by atoms with Crippen LogP contribution in [-0.2, 0) is 10.0 Å². The van der Waals surface area contributed by atoms with Crippen LogP contribution < -0.4 is 4.72 Å². The number of carbonyl (C=O) groups is 1. The summed E-state index contributed by atoms with van der Waals surface area (Å²) < 4.78 is 26.7. The van der Waals surface area contributed by atoms with Crippen molar-refractivity contribution >= 4 is 16.3 Å². The Hall–Kier alpha value is -1.24. The molecule has 0 spiro atoms. The summed E-state index contributed by atoms with van der Waals surface area (Å²) in [6.07, 6.45) is 3.92. The van der Waals surface area contributed by atoms with E-state index in [2.05, 4.69) is 9.62 Å². The molecule has 0 atom stereocenters. The van der Waals surface area contributed by atoms with Crippen molar-refractivity contribution in [3.05, 3.63) is 29.8 Å². The summed E-state index contributed by atoms with van der Waals surface area (Å²) in [6, 6.07) is 6.04. The average molecular weight is 296 g/mol. The van der Waals surface area contributed by atoms with Gasteiger partial charge in [0.2, 0.25) is 10.0 Å². The van der Waals surface area contributed by atoms with E-state index in [9.17, 15) is 13.2 Å². The van der Waals surface area contributed by atoms with Crippen LogP contribution in [0, 0.1) is 0 Å². The van der Waals surface area contributed by atoms with Gasteiger partial charge in [-0.05, 0) is 51.0 Å². The second-order valence-corrected chi connectivity index (χ2v) is 6.76. The first-order valence-corrected chi connectivity index (χ1v) is 8.37. The van der Waals surface area contributed by atoms with Crippen molar-refractivity contribution in [1.82, 2.24) is 9.62 Å². The lowest BCUT2D eigenvalue weighted by Gasteiger charge is -2.14. The van der Waals surface area contributed by atoms with Gasteiger partial charge in [0.05, 0.1) is 4.90 Å². The van der Waals surface area contributed by atoms with Gasteiger partial charge >= 0.3 is 0 Å². The predicted molar refractivity (Wildman–Crippen MR) is 77.3 cm³/mol. The van der Waals surface area contributed by atoms with Gasteiger partial charge in [-0.15, -0.1) is 0 Å². The highest BCUT2D eigenvalue weighted by Crippen LogP contribution is 2.11. The molecule has 0 aliphatic carbocycles. The fourth-order valence-corrected chi connectivity index (χ4v) is 3.48. The molecule has 2 rings (SSSR count). The van der Waals surface area contributed by atoms with Crippen molar-refractivity contribution in [3.8, 4) is 0 Å². The van der Waals surface area contributed by atoms with E-state index in [0.29, 0.717) is 18.4 Å². The number of hydrogen-bond donors (Lipinski definition) is 1. The van der Waals surface area contributed by atoms with Gasteiger partial charge in [-0.3, -0.25) is 4.79 Å². The van der Waals surface area contributed by atoms with Crippen LogP contribution in [0.15, 0.2) is 29.2 Å². The van der Waals surface area contributed by atoms with Crippen LogP contribution in [0.25, 0.3) is 0 Å². The highest BCUT2D eigenvalue weighted by molar-refractivity contribution is 7.89. The third-order valence-electron chi connectivity index (χ3n) is 3.45. The third-order valence-corrected chi connectivity index (χ3v) is 4.91. The lowest BCUT2D eigenvalue weighted by atomic mass is 10.2. The van der Waals surface area contributed by atoms with Crippen molar-refractivity contribution in [3.63, 3.8) is 0 Å². The molecular weight excluding hydrogens is 276 g/mol. The molecule has 1 saturated heterocycles. The van der Waals surface area contributed by atoms with E-state index in [-0.39, 0.29) is 4.90 Å². The fraction of sp³-hybridized carbons (Fsp3) is 0.500. The number of likely N-dealkylation sites (tertiary alicyclic amines) is 1. The van der Waals surface area contributed by atoms with E-state index < -0.39 is 10.0 Å². The summed E-state index contributed by atoms with van der Waals surface area (Å²) in [4.78, 5) is 13.2. The Kier molecular flexibility index (Phi) is 5.28. The van der Waals surface area contributed by atoms with Gasteiger partial charge in [0.1, 0.15) is 6.29 Å². The van der Waals surface area contributed by atoms with Gasteiger partial charge in [-0.25, -0.2) is 13.1 Å². The van der Waals surface area contributed by atoms with E-state index in [1.54, 1.807) is 12.1 Å². The summed E-state index contributed by atoms with van der Waals surface area (Å²) >= 11 is 0. The van der Waals surface area contributed by atoms with Crippen LogP contribution in [0.4, 0.5) is 0 Å². The molecule has 1 fully saturated rings. The lowest BCUT2D eigenvalue weighted by molar-refractivity contribution is 0.112. The molecule has 1 heterocycles. The number of nitrogens with zero attached hydrogens (tertiary/aromatic N) is 1. The number of sulfonamides is 1. The largest absolute Gasteiger partial charge is 0.303 e. The maximum Gasteiger partial charge on any atom is 0.240 e. The minimum absolute atomic E-state index is 0.142. The molecule has 1 aliphatic heterocycles. The molecule has 0 radical (unpaired) electrons. The van der Waals surface area contributed by atoms with Gasteiger partial charge in [-0.1, -0.05) is 12.1 Å². The normalized spacial score (nSPS) is 16.4. The first-order chi connectivity index (χ1) is 9.62. The Morgan fingerprint density at radius 2 is 2.00 bits per heavy atom. The smallest absolute Gasteiger partial charge is 0.240 e. The van der Waals surface area contributed by atoms with Crippen molar-refractivity contribution < 1.29 is 13.2 Å². The SMILES string of the molecule is O=Cc1cccc(S(=O)(=O)NCCCN2CCCC2)c1. The summed E-state index contributed by atoms with van der Waals surface area (Å²) in [5, 5.41) is 0. The van der Waals surface area contributed by atoms with E-state index in [0.717, 1.165) is 26.1 Å². The molecule has 0 saturated carbocycles. The summed E-state index contributed by atoms with van der Waals surface area (Å²) in [6.45, 7) is 3.59. The molecule has 1 aliphatic rings. The zero-order valence-electron chi connectivity index (χ0n) is 11.4. The highest BCUT2D eigenvalue weighted by atomic mass is 32.2. The van der Waals surface area contributed by atoms with Crippen LogP contribution in [0.5, 0.6) is 0 Å². The van der Waals surface area contributed by atoms with Crippen molar-refractivity contribution in [2.45, 2.75) is 24.2 Å². The number of hydrogen-bond acceptors (Lipinski definition) is 4. The molecule has 0 bridgehead atoms. The van der Waals surface area contributed by atoms with Gasteiger partial charge in [0, 0.05) is 12.1 Å². The molecule has 5 nitrogen and oxygen atoms in total. The van der Waals surface area contributed by atoms with Crippen molar-refractivity contribution in [2.75, 3.05) is 26.2 Å². The molecule has 6 heteroatoms. The van der Waals surface area contributed by atoms with E-state index in [4.69, 9.17) is 0 Å². The van der Waals surface area contributed by atoms with E-state index in [1.807, 2.05) is 0 Å². The predicted octanol–water partition coefficient (Wildman–Crippen LogP) is 1.26. The molecule has 0 aromatic heterocycles. The second-order valence-electron chi connectivity index (χ2n) is 4.99. The van der Waals surface area contributed by atoms with Crippen LogP contribution in [0.2, 0.25) is 0 Å². The quantitative estimate of drug-likeness (QED) is 0.608. The maximum absolute atomic E-state index is 12.1. The molecule has 20 heavy (non-hydrogen) atoms. The summed E-state index contributed by atoms with van der Waals surface area (Å²) in [5.41, 5.74) is 0.366. The Balaban J connectivity index is 1.85. The van der Waals surface area contributed by atoms with E-state index >= 15 is 0 Å². The number of rotatable bonds is 7. The van der Waals surface area contributed by atoms with Crippen molar-refractivity contribution in [2.24, 2.45) is 0 Å². The second kappa shape index (κ2) is 6.97. The first kappa shape index (κ1) is 15.2. The Bertz CT molecular complexity index is 551. The summed E-state index contributed by atoms with van der Waals surface area (Å²) in [5.74, 6) is 0. The van der Waals surface area contributed by atoms with Crippen molar-refractivity contribution in [1.29, 1.82) is 0 Å². The third kappa shape index (κ3) is 4.13. The standard InChI is InChI=1S/C14H20N2O3S/c17-12-13-5-3-6-14(11-13)20(18,19)15-7-4-10-16-8-1-2-9-16/h3,5-6,11-12,15H,1-2,4,7-10H2. The molecule has 110 valence electrons. The maximum atomic E-state index is 12.1. The van der Waals surface area contributed by atoms with Crippen LogP contribution in [0.3, 0.4) is 0 Å². The van der Waals surface area contributed by atoms with Crippen LogP contribution in [-0.4, -0.2) is 45.8 Å². The molecule has 1 aromatic rings. The molecule has 0 unspecified atom stereocenters. The molecular formula is C14H20N2O3S. The Morgan fingerprint density at radius 1 is 1.25 bits per heavy atom. The van der Waals surface area contributed by atoms with Crippen LogP contribution in [0.1, 0.15) is 29.6 Å².